The molecule has 0 saturated carbocycles. The predicted molar refractivity (Wildman–Crippen MR) is 133 cm³/mol. The second-order valence-corrected chi connectivity index (χ2v) is 11.3. The van der Waals surface area contributed by atoms with Crippen molar-refractivity contribution >= 4 is 35.3 Å². The van der Waals surface area contributed by atoms with Crippen molar-refractivity contribution in [3.05, 3.63) is 23.0 Å². The van der Waals surface area contributed by atoms with Crippen LogP contribution in [0.5, 0.6) is 0 Å². The van der Waals surface area contributed by atoms with Gasteiger partial charge in [0.25, 0.3) is 0 Å². The molecule has 36 heavy (non-hydrogen) atoms. The van der Waals surface area contributed by atoms with Gasteiger partial charge < -0.3 is 24.6 Å². The van der Waals surface area contributed by atoms with E-state index in [0.29, 0.717) is 31.1 Å². The Bertz CT molecular complexity index is 1120. The van der Waals surface area contributed by atoms with Gasteiger partial charge in [0.1, 0.15) is 23.2 Å². The van der Waals surface area contributed by atoms with Crippen LogP contribution in [0.15, 0.2) is 12.3 Å². The lowest BCUT2D eigenvalue weighted by Gasteiger charge is -2.44. The number of likely N-dealkylation sites (tertiary alicyclic amines) is 2. The van der Waals surface area contributed by atoms with Gasteiger partial charge in [-0.15, -0.1) is 0 Å². The van der Waals surface area contributed by atoms with Gasteiger partial charge in [-0.2, -0.15) is 9.61 Å². The van der Waals surface area contributed by atoms with Crippen molar-refractivity contribution in [2.75, 3.05) is 38.1 Å². The van der Waals surface area contributed by atoms with E-state index >= 15 is 0 Å². The molecule has 0 atom stereocenters. The molecule has 0 unspecified atom stereocenters. The standard InChI is InChI=1S/C24H34ClFN6O4/c1-15(2)17-11-27-32-19(10-18(25)29-20(17)32)28-16-6-8-30(9-7-16)21(33)35-14-24(26)12-31(13-24)22(34)36-23(3,4)5/h10-11,15-16,28H,6-9,12-14H2,1-5H3. The van der Waals surface area contributed by atoms with E-state index in [4.69, 9.17) is 21.1 Å². The molecule has 2 aromatic heterocycles. The maximum atomic E-state index is 14.8. The number of ether oxygens (including phenoxy) is 2. The summed E-state index contributed by atoms with van der Waals surface area (Å²) in [4.78, 5) is 31.8. The van der Waals surface area contributed by atoms with Crippen LogP contribution in [-0.2, 0) is 9.47 Å². The Kier molecular flexibility index (Phi) is 7.23. The fraction of sp³-hybridized carbons (Fsp3) is 0.667. The lowest BCUT2D eigenvalue weighted by atomic mass is 9.98. The molecule has 4 heterocycles. The molecule has 198 valence electrons. The van der Waals surface area contributed by atoms with Gasteiger partial charge in [0.15, 0.2) is 11.3 Å². The summed E-state index contributed by atoms with van der Waals surface area (Å²) in [5, 5.41) is 8.32. The number of fused-ring (bicyclic) bond motifs is 1. The molecule has 2 aliphatic heterocycles. The van der Waals surface area contributed by atoms with Crippen LogP contribution in [0.2, 0.25) is 5.15 Å². The molecule has 1 N–H and O–H groups in total. The average molecular weight is 525 g/mol. The van der Waals surface area contributed by atoms with Gasteiger partial charge in [0.2, 0.25) is 0 Å². The smallest absolute Gasteiger partial charge is 0.410 e. The fourth-order valence-corrected chi connectivity index (χ4v) is 4.53. The molecule has 0 radical (unpaired) electrons. The number of piperidine rings is 1. The number of nitrogens with zero attached hydrogens (tertiary/aromatic N) is 5. The maximum Gasteiger partial charge on any atom is 0.410 e. The summed E-state index contributed by atoms with van der Waals surface area (Å²) in [6.07, 6.45) is 2.05. The Balaban J connectivity index is 1.24. The van der Waals surface area contributed by atoms with Crippen LogP contribution in [0.4, 0.5) is 19.8 Å². The number of anilines is 1. The van der Waals surface area contributed by atoms with Gasteiger partial charge >= 0.3 is 12.2 Å². The van der Waals surface area contributed by atoms with Crippen LogP contribution >= 0.6 is 11.6 Å². The number of amides is 2. The van der Waals surface area contributed by atoms with Crippen molar-refractivity contribution < 1.29 is 23.5 Å². The number of carbonyl (C=O) groups excluding carboxylic acids is 2. The summed E-state index contributed by atoms with van der Waals surface area (Å²) in [5.74, 6) is 1.01. The zero-order valence-corrected chi connectivity index (χ0v) is 22.1. The van der Waals surface area contributed by atoms with Crippen LogP contribution in [-0.4, -0.2) is 86.7 Å². The Labute approximate surface area is 215 Å². The lowest BCUT2D eigenvalue weighted by Crippen LogP contribution is -2.64. The molecule has 0 aliphatic carbocycles. The highest BCUT2D eigenvalue weighted by molar-refractivity contribution is 6.29. The largest absolute Gasteiger partial charge is 0.446 e. The van der Waals surface area contributed by atoms with Gasteiger partial charge in [-0.25, -0.2) is 19.0 Å². The summed E-state index contributed by atoms with van der Waals surface area (Å²) in [7, 11) is 0. The minimum Gasteiger partial charge on any atom is -0.446 e. The third-order valence-electron chi connectivity index (χ3n) is 6.25. The van der Waals surface area contributed by atoms with Crippen LogP contribution in [0.3, 0.4) is 0 Å². The minimum atomic E-state index is -1.75. The first-order chi connectivity index (χ1) is 16.8. The lowest BCUT2D eigenvalue weighted by molar-refractivity contribution is -0.0784. The van der Waals surface area contributed by atoms with Gasteiger partial charge in [0.05, 0.1) is 19.3 Å². The number of alkyl halides is 1. The molecule has 0 spiro atoms. The first-order valence-electron chi connectivity index (χ1n) is 12.2. The molecular formula is C24H34ClFN6O4. The highest BCUT2D eigenvalue weighted by Gasteiger charge is 2.48. The van der Waals surface area contributed by atoms with Gasteiger partial charge in [-0.05, 0) is 39.5 Å². The zero-order valence-electron chi connectivity index (χ0n) is 21.4. The van der Waals surface area contributed by atoms with E-state index in [1.807, 2.05) is 0 Å². The number of aromatic nitrogens is 3. The van der Waals surface area contributed by atoms with E-state index in [2.05, 4.69) is 29.2 Å². The number of hydrogen-bond acceptors (Lipinski definition) is 7. The summed E-state index contributed by atoms with van der Waals surface area (Å²) in [6.45, 7) is 9.64. The second kappa shape index (κ2) is 9.91. The number of carbonyl (C=O) groups is 2. The summed E-state index contributed by atoms with van der Waals surface area (Å²) in [5.41, 5.74) is -0.659. The third kappa shape index (κ3) is 5.93. The maximum absolute atomic E-state index is 14.8. The normalized spacial score (nSPS) is 18.3. The highest BCUT2D eigenvalue weighted by Crippen LogP contribution is 2.29. The molecule has 2 fully saturated rings. The van der Waals surface area contributed by atoms with Crippen LogP contribution in [0.1, 0.15) is 58.9 Å². The minimum absolute atomic E-state index is 0.101. The second-order valence-electron chi connectivity index (χ2n) is 10.9. The highest BCUT2D eigenvalue weighted by atomic mass is 35.5. The van der Waals surface area contributed by atoms with Crippen molar-refractivity contribution in [3.8, 4) is 0 Å². The van der Waals surface area contributed by atoms with Crippen molar-refractivity contribution in [1.29, 1.82) is 0 Å². The molecule has 0 bridgehead atoms. The van der Waals surface area contributed by atoms with Gasteiger partial charge in [0, 0.05) is 30.8 Å². The van der Waals surface area contributed by atoms with Crippen molar-refractivity contribution in [3.63, 3.8) is 0 Å². The molecule has 2 aromatic rings. The zero-order chi connectivity index (χ0) is 26.3. The monoisotopic (exact) mass is 524 g/mol. The number of rotatable bonds is 5. The number of hydrogen-bond donors (Lipinski definition) is 1. The van der Waals surface area contributed by atoms with Crippen molar-refractivity contribution in [2.45, 2.75) is 70.7 Å². The van der Waals surface area contributed by atoms with Crippen LogP contribution in [0, 0.1) is 0 Å². The topological polar surface area (TPSA) is 101 Å². The number of halogens is 2. The SMILES string of the molecule is CC(C)c1cnn2c(NC3CCN(C(=O)OCC4(F)CN(C(=O)OC(C)(C)C)C4)CC3)cc(Cl)nc12. The van der Waals surface area contributed by atoms with Crippen molar-refractivity contribution in [2.24, 2.45) is 0 Å². The molecule has 2 aliphatic rings. The first-order valence-corrected chi connectivity index (χ1v) is 12.6. The van der Waals surface area contributed by atoms with E-state index in [9.17, 15) is 14.0 Å². The van der Waals surface area contributed by atoms with E-state index in [1.54, 1.807) is 42.4 Å². The van der Waals surface area contributed by atoms with Crippen molar-refractivity contribution in [1.82, 2.24) is 24.4 Å². The van der Waals surface area contributed by atoms with E-state index in [-0.39, 0.29) is 25.0 Å². The molecule has 10 nitrogen and oxygen atoms in total. The Morgan fingerprint density at radius 3 is 2.50 bits per heavy atom. The summed E-state index contributed by atoms with van der Waals surface area (Å²) >= 11 is 6.26. The molecule has 2 amide bonds. The number of nitrogens with one attached hydrogen (secondary N) is 1. The third-order valence-corrected chi connectivity index (χ3v) is 6.44. The molecular weight excluding hydrogens is 491 g/mol. The van der Waals surface area contributed by atoms with E-state index < -0.39 is 30.1 Å². The van der Waals surface area contributed by atoms with Gasteiger partial charge in [-0.3, -0.25) is 0 Å². The quantitative estimate of drug-likeness (QED) is 0.575. The van der Waals surface area contributed by atoms with Crippen LogP contribution < -0.4 is 5.32 Å². The Morgan fingerprint density at radius 1 is 1.22 bits per heavy atom. The van der Waals surface area contributed by atoms with E-state index in [0.717, 1.165) is 17.0 Å². The fourth-order valence-electron chi connectivity index (χ4n) is 4.34. The average Bonchev–Trinajstić information content (AvgIpc) is 3.19. The van der Waals surface area contributed by atoms with E-state index in [1.165, 1.54) is 4.90 Å². The molecule has 0 aromatic carbocycles. The Hall–Kier alpha value is -2.82. The molecule has 2 saturated heterocycles. The molecule has 12 heteroatoms. The van der Waals surface area contributed by atoms with Crippen LogP contribution in [0.25, 0.3) is 5.65 Å². The Morgan fingerprint density at radius 2 is 1.89 bits per heavy atom. The first kappa shape index (κ1) is 26.2. The van der Waals surface area contributed by atoms with Gasteiger partial charge in [-0.1, -0.05) is 25.4 Å². The summed E-state index contributed by atoms with van der Waals surface area (Å²) in [6, 6.07) is 1.84. The predicted octanol–water partition coefficient (Wildman–Crippen LogP) is 4.48. The molecule has 4 rings (SSSR count). The summed E-state index contributed by atoms with van der Waals surface area (Å²) < 4.78 is 27.0.